The molecule has 0 fully saturated rings. The fourth-order valence-electron chi connectivity index (χ4n) is 0.581. The van der Waals surface area contributed by atoms with Crippen molar-refractivity contribution in [3.63, 3.8) is 0 Å². The number of rotatable bonds is 4. The Hall–Kier alpha value is -0.610. The highest BCUT2D eigenvalue weighted by Crippen LogP contribution is 2.07. The molecule has 0 spiro atoms. The molecule has 0 radical (unpaired) electrons. The lowest BCUT2D eigenvalue weighted by Gasteiger charge is -2.23. The summed E-state index contributed by atoms with van der Waals surface area (Å²) in [5, 5.41) is 9.33. The first kappa shape index (κ1) is 11.4. The third kappa shape index (κ3) is 3.69. The molecule has 0 saturated heterocycles. The molecule has 0 amide bonds. The molecule has 0 aromatic heterocycles. The normalized spacial score (nSPS) is 14.1. The van der Waals surface area contributed by atoms with Gasteiger partial charge in [0.15, 0.2) is 0 Å². The van der Waals surface area contributed by atoms with Crippen molar-refractivity contribution in [3.05, 3.63) is 0 Å². The second kappa shape index (κ2) is 4.42. The monoisotopic (exact) mass is 175 g/mol. The second-order valence-electron chi connectivity index (χ2n) is 3.30. The van der Waals surface area contributed by atoms with E-state index in [0.29, 0.717) is 6.61 Å². The summed E-state index contributed by atoms with van der Waals surface area (Å²) in [6.07, 6.45) is 0.754. The van der Waals surface area contributed by atoms with Crippen molar-refractivity contribution < 1.29 is 14.6 Å². The van der Waals surface area contributed by atoms with Crippen LogP contribution in [0.2, 0.25) is 0 Å². The topological polar surface area (TPSA) is 72.5 Å². The molecule has 0 saturated carbocycles. The van der Waals surface area contributed by atoms with Gasteiger partial charge in [-0.25, -0.2) is 0 Å². The summed E-state index contributed by atoms with van der Waals surface area (Å²) in [6.45, 7) is 5.20. The van der Waals surface area contributed by atoms with Crippen molar-refractivity contribution in [2.45, 2.75) is 38.8 Å². The Morgan fingerprint density at radius 3 is 2.50 bits per heavy atom. The lowest BCUT2D eigenvalue weighted by molar-refractivity contribution is -0.150. The van der Waals surface area contributed by atoms with E-state index in [4.69, 9.17) is 10.5 Å². The number of ether oxygens (including phenoxy) is 1. The third-order valence-corrected chi connectivity index (χ3v) is 1.46. The molecule has 4 nitrogen and oxygen atoms in total. The molecular weight excluding hydrogens is 158 g/mol. The van der Waals surface area contributed by atoms with Gasteiger partial charge in [-0.05, 0) is 20.3 Å². The maximum absolute atomic E-state index is 11.0. The highest BCUT2D eigenvalue weighted by Gasteiger charge is 2.30. The highest BCUT2D eigenvalue weighted by atomic mass is 16.5. The predicted octanol–water partition coefficient (Wildman–Crippen LogP) is 0.0378. The van der Waals surface area contributed by atoms with Gasteiger partial charge < -0.3 is 15.6 Å². The van der Waals surface area contributed by atoms with E-state index >= 15 is 0 Å². The van der Waals surface area contributed by atoms with E-state index in [0.717, 1.165) is 6.42 Å². The molecule has 0 aliphatic carbocycles. The highest BCUT2D eigenvalue weighted by molar-refractivity contribution is 5.76. The quantitative estimate of drug-likeness (QED) is 0.592. The summed E-state index contributed by atoms with van der Waals surface area (Å²) < 4.78 is 4.76. The fourth-order valence-corrected chi connectivity index (χ4v) is 0.581. The van der Waals surface area contributed by atoms with Crippen molar-refractivity contribution >= 4 is 5.97 Å². The maximum Gasteiger partial charge on any atom is 0.325 e. The Morgan fingerprint density at radius 2 is 2.17 bits per heavy atom. The SMILES string of the molecule is CCCOC(=O)[C@@H](N)C(C)(C)O. The molecule has 4 heteroatoms. The molecule has 0 heterocycles. The molecule has 0 aromatic rings. The number of hydrogen-bond donors (Lipinski definition) is 2. The smallest absolute Gasteiger partial charge is 0.325 e. The maximum atomic E-state index is 11.0. The number of nitrogens with two attached hydrogens (primary N) is 1. The van der Waals surface area contributed by atoms with Crippen LogP contribution in [0.15, 0.2) is 0 Å². The van der Waals surface area contributed by atoms with E-state index in [1.165, 1.54) is 13.8 Å². The van der Waals surface area contributed by atoms with E-state index in [1.54, 1.807) is 0 Å². The first-order valence-corrected chi connectivity index (χ1v) is 4.04. The number of carbonyl (C=O) groups is 1. The van der Waals surface area contributed by atoms with Crippen LogP contribution in [-0.2, 0) is 9.53 Å². The minimum atomic E-state index is -1.22. The molecule has 0 rings (SSSR count). The van der Waals surface area contributed by atoms with Crippen LogP contribution in [0.3, 0.4) is 0 Å². The molecular formula is C8H17NO3. The van der Waals surface area contributed by atoms with Gasteiger partial charge in [-0.2, -0.15) is 0 Å². The van der Waals surface area contributed by atoms with E-state index in [9.17, 15) is 9.90 Å². The zero-order valence-electron chi connectivity index (χ0n) is 7.83. The molecule has 0 aliphatic rings. The van der Waals surface area contributed by atoms with Gasteiger partial charge in [0.1, 0.15) is 6.04 Å². The van der Waals surface area contributed by atoms with Gasteiger partial charge in [-0.15, -0.1) is 0 Å². The minimum absolute atomic E-state index is 0.350. The number of carbonyl (C=O) groups excluding carboxylic acids is 1. The second-order valence-corrected chi connectivity index (χ2v) is 3.30. The largest absolute Gasteiger partial charge is 0.464 e. The molecule has 12 heavy (non-hydrogen) atoms. The molecule has 72 valence electrons. The Kier molecular flexibility index (Phi) is 4.20. The van der Waals surface area contributed by atoms with Crippen LogP contribution in [0.5, 0.6) is 0 Å². The van der Waals surface area contributed by atoms with Gasteiger partial charge in [0.05, 0.1) is 12.2 Å². The molecule has 1 atom stereocenters. The zero-order chi connectivity index (χ0) is 9.78. The van der Waals surface area contributed by atoms with Crippen LogP contribution in [0.4, 0.5) is 0 Å². The van der Waals surface area contributed by atoms with E-state index < -0.39 is 17.6 Å². The Bertz CT molecular complexity index is 151. The van der Waals surface area contributed by atoms with Gasteiger partial charge in [0.2, 0.25) is 0 Å². The number of aliphatic hydroxyl groups is 1. The lowest BCUT2D eigenvalue weighted by Crippen LogP contribution is -2.49. The van der Waals surface area contributed by atoms with Crippen LogP contribution in [0.1, 0.15) is 27.2 Å². The summed E-state index contributed by atoms with van der Waals surface area (Å²) in [7, 11) is 0. The van der Waals surface area contributed by atoms with Crippen molar-refractivity contribution in [2.24, 2.45) is 5.73 Å². The predicted molar refractivity (Wildman–Crippen MR) is 45.5 cm³/mol. The minimum Gasteiger partial charge on any atom is -0.464 e. The molecule has 0 bridgehead atoms. The van der Waals surface area contributed by atoms with Gasteiger partial charge in [-0.3, -0.25) is 4.79 Å². The first-order chi connectivity index (χ1) is 5.39. The Morgan fingerprint density at radius 1 is 1.67 bits per heavy atom. The zero-order valence-corrected chi connectivity index (χ0v) is 7.83. The van der Waals surface area contributed by atoms with Crippen molar-refractivity contribution in [1.29, 1.82) is 0 Å². The Balaban J connectivity index is 3.94. The molecule has 3 N–H and O–H groups in total. The van der Waals surface area contributed by atoms with Crippen LogP contribution >= 0.6 is 0 Å². The molecule has 0 aliphatic heterocycles. The van der Waals surface area contributed by atoms with Gasteiger partial charge in [0.25, 0.3) is 0 Å². The van der Waals surface area contributed by atoms with Crippen LogP contribution < -0.4 is 5.73 Å². The van der Waals surface area contributed by atoms with Gasteiger partial charge in [0, 0.05) is 0 Å². The summed E-state index contributed by atoms with van der Waals surface area (Å²) in [5.41, 5.74) is 4.19. The average Bonchev–Trinajstić information content (AvgIpc) is 1.97. The van der Waals surface area contributed by atoms with Crippen molar-refractivity contribution in [2.75, 3.05) is 6.61 Å². The van der Waals surface area contributed by atoms with E-state index in [2.05, 4.69) is 0 Å². The summed E-state index contributed by atoms with van der Waals surface area (Å²) in [6, 6.07) is -0.968. The van der Waals surface area contributed by atoms with Gasteiger partial charge in [-0.1, -0.05) is 6.92 Å². The van der Waals surface area contributed by atoms with Crippen LogP contribution in [0.25, 0.3) is 0 Å². The first-order valence-electron chi connectivity index (χ1n) is 4.04. The summed E-state index contributed by atoms with van der Waals surface area (Å²) >= 11 is 0. The van der Waals surface area contributed by atoms with Crippen molar-refractivity contribution in [3.8, 4) is 0 Å². The third-order valence-electron chi connectivity index (χ3n) is 1.46. The summed E-state index contributed by atoms with van der Waals surface area (Å²) in [4.78, 5) is 11.0. The van der Waals surface area contributed by atoms with E-state index in [-0.39, 0.29) is 0 Å². The fraction of sp³-hybridized carbons (Fsp3) is 0.875. The molecule has 0 aromatic carbocycles. The Labute approximate surface area is 72.7 Å². The van der Waals surface area contributed by atoms with Gasteiger partial charge >= 0.3 is 5.97 Å². The van der Waals surface area contributed by atoms with E-state index in [1.807, 2.05) is 6.92 Å². The average molecular weight is 175 g/mol. The number of esters is 1. The van der Waals surface area contributed by atoms with Crippen molar-refractivity contribution in [1.82, 2.24) is 0 Å². The van der Waals surface area contributed by atoms with Crippen LogP contribution in [0, 0.1) is 0 Å². The number of hydrogen-bond acceptors (Lipinski definition) is 4. The van der Waals surface area contributed by atoms with Crippen LogP contribution in [-0.4, -0.2) is 29.3 Å². The summed E-state index contributed by atoms with van der Waals surface area (Å²) in [5.74, 6) is -0.552. The molecule has 0 unspecified atom stereocenters. The standard InChI is InChI=1S/C8H17NO3/c1-4-5-12-7(10)6(9)8(2,3)11/h6,11H,4-5,9H2,1-3H3/t6-/m1/s1. The lowest BCUT2D eigenvalue weighted by atomic mass is 10.0.